The summed E-state index contributed by atoms with van der Waals surface area (Å²) in [6.07, 6.45) is 0.334. The average molecular weight is 491 g/mol. The average Bonchev–Trinajstić information content (AvgIpc) is 3.48. The number of hydrogen-bond donors (Lipinski definition) is 3. The topological polar surface area (TPSA) is 135 Å². The number of aryl methyl sites for hydroxylation is 1. The Labute approximate surface area is 204 Å². The molecule has 11 heteroatoms. The monoisotopic (exact) mass is 490 g/mol. The van der Waals surface area contributed by atoms with E-state index in [1.165, 1.54) is 11.3 Å². The molecule has 178 valence electrons. The molecule has 0 spiro atoms. The number of carbonyl (C=O) groups excluding carboxylic acids is 1. The van der Waals surface area contributed by atoms with Crippen molar-refractivity contribution in [3.63, 3.8) is 0 Å². The zero-order valence-electron chi connectivity index (χ0n) is 19.0. The summed E-state index contributed by atoms with van der Waals surface area (Å²) < 4.78 is 11.5. The molecule has 5 aromatic rings. The normalized spacial score (nSPS) is 12.1. The van der Waals surface area contributed by atoms with E-state index in [9.17, 15) is 9.90 Å². The van der Waals surface area contributed by atoms with Crippen LogP contribution in [0, 0.1) is 6.92 Å². The molecule has 0 saturated heterocycles. The number of nitrogens with one attached hydrogen (secondary N) is 2. The van der Waals surface area contributed by atoms with Gasteiger partial charge >= 0.3 is 0 Å². The molecule has 0 fully saturated rings. The molecule has 3 N–H and O–H groups in total. The van der Waals surface area contributed by atoms with Gasteiger partial charge < -0.3 is 19.7 Å². The summed E-state index contributed by atoms with van der Waals surface area (Å²) in [4.78, 5) is 25.7. The number of anilines is 2. The highest BCUT2D eigenvalue weighted by molar-refractivity contribution is 7.22. The van der Waals surface area contributed by atoms with Crippen LogP contribution in [0.15, 0.2) is 53.2 Å². The van der Waals surface area contributed by atoms with Gasteiger partial charge in [0.1, 0.15) is 17.7 Å². The maximum atomic E-state index is 12.6. The van der Waals surface area contributed by atoms with Crippen molar-refractivity contribution >= 4 is 49.2 Å². The first-order chi connectivity index (χ1) is 17.0. The van der Waals surface area contributed by atoms with E-state index < -0.39 is 12.0 Å². The molecule has 3 heterocycles. The van der Waals surface area contributed by atoms with Crippen LogP contribution in [0.1, 0.15) is 12.8 Å². The van der Waals surface area contributed by atoms with Crippen LogP contribution in [0.5, 0.6) is 5.75 Å². The second-order valence-electron chi connectivity index (χ2n) is 7.67. The molecule has 10 nitrogen and oxygen atoms in total. The minimum Gasteiger partial charge on any atom is -0.492 e. The third-order valence-electron chi connectivity index (χ3n) is 5.23. The van der Waals surface area contributed by atoms with E-state index in [0.717, 1.165) is 26.6 Å². The van der Waals surface area contributed by atoms with Gasteiger partial charge in [-0.15, -0.1) is 0 Å². The molecular weight excluding hydrogens is 468 g/mol. The Hall–Kier alpha value is -4.09. The number of thiazole rings is 1. The lowest BCUT2D eigenvalue weighted by atomic mass is 10.1. The number of hydrogen-bond acceptors (Lipinski definition) is 10. The molecule has 0 aliphatic carbocycles. The molecule has 0 aliphatic heterocycles. The van der Waals surface area contributed by atoms with Crippen molar-refractivity contribution in [2.75, 3.05) is 23.8 Å². The van der Waals surface area contributed by atoms with Gasteiger partial charge in [-0.3, -0.25) is 10.1 Å². The Kier molecular flexibility index (Phi) is 6.25. The number of rotatable bonds is 8. The second-order valence-corrected chi connectivity index (χ2v) is 8.67. The van der Waals surface area contributed by atoms with Crippen molar-refractivity contribution < 1.29 is 19.2 Å². The molecule has 3 aromatic heterocycles. The first kappa shape index (κ1) is 22.7. The smallest absolute Gasteiger partial charge is 0.256 e. The fraction of sp³-hybridized carbons (Fsp3) is 0.208. The fourth-order valence-electron chi connectivity index (χ4n) is 3.59. The highest BCUT2D eigenvalue weighted by Gasteiger charge is 2.19. The zero-order valence-corrected chi connectivity index (χ0v) is 19.8. The third kappa shape index (κ3) is 4.77. The van der Waals surface area contributed by atoms with Gasteiger partial charge in [0.15, 0.2) is 5.13 Å². The summed E-state index contributed by atoms with van der Waals surface area (Å²) >= 11 is 1.30. The van der Waals surface area contributed by atoms with Gasteiger partial charge in [-0.25, -0.2) is 9.97 Å². The Morgan fingerprint density at radius 1 is 1.23 bits per heavy atom. The molecule has 5 rings (SSSR count). The molecule has 2 aromatic carbocycles. The van der Waals surface area contributed by atoms with Crippen LogP contribution >= 0.6 is 11.3 Å². The fourth-order valence-corrected chi connectivity index (χ4v) is 4.52. The predicted octanol–water partition coefficient (Wildman–Crippen LogP) is 4.01. The first-order valence-electron chi connectivity index (χ1n) is 11.0. The van der Waals surface area contributed by atoms with Gasteiger partial charge in [0.05, 0.1) is 23.4 Å². The first-order valence-corrected chi connectivity index (χ1v) is 11.8. The maximum absolute atomic E-state index is 12.6. The van der Waals surface area contributed by atoms with E-state index in [-0.39, 0.29) is 6.54 Å². The number of aliphatic hydroxyl groups is 1. The summed E-state index contributed by atoms with van der Waals surface area (Å²) in [5.74, 6) is 1.61. The minimum absolute atomic E-state index is 0.0431. The number of aromatic nitrogens is 4. The number of pyridine rings is 1. The number of aliphatic hydroxyl groups excluding tert-OH is 1. The van der Waals surface area contributed by atoms with E-state index in [1.54, 1.807) is 13.1 Å². The quantitative estimate of drug-likeness (QED) is 0.295. The molecule has 1 atom stereocenters. The van der Waals surface area contributed by atoms with Gasteiger partial charge in [0.25, 0.3) is 5.91 Å². The molecule has 35 heavy (non-hydrogen) atoms. The minimum atomic E-state index is -1.33. The summed E-state index contributed by atoms with van der Waals surface area (Å²) in [7, 11) is 0. The summed E-state index contributed by atoms with van der Waals surface area (Å²) in [5.41, 5.74) is 1.49. The van der Waals surface area contributed by atoms with Crippen molar-refractivity contribution in [3.8, 4) is 17.1 Å². The van der Waals surface area contributed by atoms with Crippen LogP contribution < -0.4 is 15.4 Å². The number of carbonyl (C=O) groups is 1. The molecule has 0 radical (unpaired) electrons. The van der Waals surface area contributed by atoms with E-state index in [4.69, 9.17) is 9.26 Å². The number of ether oxygens (including phenoxy) is 1. The standard InChI is InChI=1S/C24H22N6O4S/c1-3-33-19-6-4-5-17-20(19)35-24(28-17)29-23(32)18(31)12-26-22-16-11-15(21-27-13(2)34-30-21)8-7-14(16)9-10-25-22/h4-11,18,31H,3,12H2,1-2H3,(H,25,26)(H,28,29,32)/t18-/m1/s1. The van der Waals surface area contributed by atoms with Gasteiger partial charge in [-0.2, -0.15) is 4.98 Å². The number of benzene rings is 2. The molecule has 0 aliphatic rings. The van der Waals surface area contributed by atoms with Crippen LogP contribution in [0.4, 0.5) is 10.9 Å². The lowest BCUT2D eigenvalue weighted by Crippen LogP contribution is -2.33. The predicted molar refractivity (Wildman–Crippen MR) is 134 cm³/mol. The highest BCUT2D eigenvalue weighted by Crippen LogP contribution is 2.33. The van der Waals surface area contributed by atoms with Crippen LogP contribution in [0.3, 0.4) is 0 Å². The third-order valence-corrected chi connectivity index (χ3v) is 6.23. The molecule has 0 unspecified atom stereocenters. The number of fused-ring (bicyclic) bond motifs is 2. The number of nitrogens with zero attached hydrogens (tertiary/aromatic N) is 4. The zero-order chi connectivity index (χ0) is 24.4. The van der Waals surface area contributed by atoms with Crippen LogP contribution in [-0.2, 0) is 4.79 Å². The van der Waals surface area contributed by atoms with Crippen LogP contribution in [0.25, 0.3) is 32.4 Å². The van der Waals surface area contributed by atoms with Gasteiger partial charge in [-0.1, -0.05) is 34.7 Å². The lowest BCUT2D eigenvalue weighted by Gasteiger charge is -2.13. The van der Waals surface area contributed by atoms with Gasteiger partial charge in [0.2, 0.25) is 11.7 Å². The van der Waals surface area contributed by atoms with Crippen molar-refractivity contribution in [1.29, 1.82) is 0 Å². The van der Waals surface area contributed by atoms with Crippen LogP contribution in [-0.4, -0.2) is 50.4 Å². The molecular formula is C24H22N6O4S. The Morgan fingerprint density at radius 3 is 2.91 bits per heavy atom. The summed E-state index contributed by atoms with van der Waals surface area (Å²) in [6, 6.07) is 13.1. The van der Waals surface area contributed by atoms with Crippen molar-refractivity contribution in [2.45, 2.75) is 20.0 Å². The highest BCUT2D eigenvalue weighted by atomic mass is 32.1. The Balaban J connectivity index is 1.29. The van der Waals surface area contributed by atoms with E-state index >= 15 is 0 Å². The second kappa shape index (κ2) is 9.65. The molecule has 0 saturated carbocycles. The van der Waals surface area contributed by atoms with Crippen molar-refractivity contribution in [3.05, 3.63) is 54.6 Å². The van der Waals surface area contributed by atoms with Crippen molar-refractivity contribution in [1.82, 2.24) is 20.1 Å². The Bertz CT molecular complexity index is 1510. The summed E-state index contributed by atoms with van der Waals surface area (Å²) in [5, 5.41) is 22.3. The largest absolute Gasteiger partial charge is 0.492 e. The number of amides is 1. The van der Waals surface area contributed by atoms with E-state index in [2.05, 4.69) is 30.7 Å². The van der Waals surface area contributed by atoms with E-state index in [0.29, 0.717) is 35.0 Å². The maximum Gasteiger partial charge on any atom is 0.256 e. The SMILES string of the molecule is CCOc1cccc2nc(NC(=O)[C@H](O)CNc3nccc4ccc(-c5noc(C)n5)cc34)sc12. The van der Waals surface area contributed by atoms with E-state index in [1.807, 2.05) is 49.4 Å². The van der Waals surface area contributed by atoms with Gasteiger partial charge in [0, 0.05) is 24.1 Å². The molecule has 0 bridgehead atoms. The summed E-state index contributed by atoms with van der Waals surface area (Å²) in [6.45, 7) is 4.12. The van der Waals surface area contributed by atoms with Gasteiger partial charge in [-0.05, 0) is 36.6 Å². The Morgan fingerprint density at radius 2 is 2.11 bits per heavy atom. The lowest BCUT2D eigenvalue weighted by molar-refractivity contribution is -0.123. The van der Waals surface area contributed by atoms with Crippen molar-refractivity contribution in [2.24, 2.45) is 0 Å². The molecule has 1 amide bonds. The van der Waals surface area contributed by atoms with Crippen LogP contribution in [0.2, 0.25) is 0 Å².